The molecular weight excluding hydrogens is 380 g/mol. The minimum Gasteiger partial charge on any atom is -0.394 e. The molecule has 1 aromatic rings. The molecule has 0 unspecified atom stereocenters. The molecule has 1 saturated carbocycles. The molecular formula is C24H28N2O4. The second kappa shape index (κ2) is 8.05. The minimum absolute atomic E-state index is 0.0367. The average molecular weight is 408 g/mol. The predicted molar refractivity (Wildman–Crippen MR) is 110 cm³/mol. The van der Waals surface area contributed by atoms with Crippen LogP contribution in [-0.4, -0.2) is 71.7 Å². The van der Waals surface area contributed by atoms with Crippen LogP contribution in [0.15, 0.2) is 24.3 Å². The lowest BCUT2D eigenvalue weighted by Gasteiger charge is -2.59. The number of aliphatic hydroxyl groups is 1. The molecule has 6 heteroatoms. The van der Waals surface area contributed by atoms with E-state index in [2.05, 4.69) is 24.0 Å². The zero-order valence-corrected chi connectivity index (χ0v) is 17.1. The maximum Gasteiger partial charge on any atom is 0.242 e. The first-order chi connectivity index (χ1) is 14.7. The van der Waals surface area contributed by atoms with E-state index in [1.54, 1.807) is 9.80 Å². The molecule has 30 heavy (non-hydrogen) atoms. The number of carbonyl (C=O) groups excluding carboxylic acids is 2. The van der Waals surface area contributed by atoms with Crippen LogP contribution in [0.3, 0.4) is 0 Å². The Balaban J connectivity index is 1.32. The third-order valence-electron chi connectivity index (χ3n) is 6.93. The van der Waals surface area contributed by atoms with Crippen molar-refractivity contribution in [1.82, 2.24) is 9.80 Å². The summed E-state index contributed by atoms with van der Waals surface area (Å²) in [5.74, 6) is 7.07. The molecule has 5 rings (SSSR count). The zero-order valence-electron chi connectivity index (χ0n) is 17.1. The first-order valence-electron chi connectivity index (χ1n) is 11.1. The normalized spacial score (nSPS) is 29.0. The van der Waals surface area contributed by atoms with Crippen LogP contribution in [0.2, 0.25) is 0 Å². The van der Waals surface area contributed by atoms with E-state index >= 15 is 0 Å². The molecule has 1 aliphatic carbocycles. The van der Waals surface area contributed by atoms with Crippen LogP contribution in [0.25, 0.3) is 0 Å². The highest BCUT2D eigenvalue weighted by Gasteiger charge is 2.54. The molecule has 0 aromatic heterocycles. The summed E-state index contributed by atoms with van der Waals surface area (Å²) in [5.41, 5.74) is 2.10. The Bertz CT molecular complexity index is 877. The molecule has 158 valence electrons. The summed E-state index contributed by atoms with van der Waals surface area (Å²) in [4.78, 5) is 29.3. The molecule has 3 aliphatic heterocycles. The fraction of sp³-hybridized carbons (Fsp3) is 0.583. The molecule has 3 atom stereocenters. The third kappa shape index (κ3) is 3.61. The Morgan fingerprint density at radius 2 is 1.87 bits per heavy atom. The largest absolute Gasteiger partial charge is 0.394 e. The van der Waals surface area contributed by atoms with Gasteiger partial charge in [-0.1, -0.05) is 24.0 Å². The van der Waals surface area contributed by atoms with Crippen LogP contribution < -0.4 is 0 Å². The van der Waals surface area contributed by atoms with Crippen molar-refractivity contribution >= 4 is 11.8 Å². The SMILES string of the molecule is O=C(C1CCOCC1)N1CC(=O)N2[C@@H](CO)[C@@H](c3ccc(C#CC4CC4)cc3)[C@@H]2C1. The summed E-state index contributed by atoms with van der Waals surface area (Å²) in [6.07, 6.45) is 3.87. The van der Waals surface area contributed by atoms with Gasteiger partial charge in [-0.3, -0.25) is 9.59 Å². The Kier molecular flexibility index (Phi) is 5.26. The third-order valence-corrected chi connectivity index (χ3v) is 6.93. The summed E-state index contributed by atoms with van der Waals surface area (Å²) in [6, 6.07) is 7.88. The Hall–Kier alpha value is -2.36. The van der Waals surface area contributed by atoms with Crippen LogP contribution in [0, 0.1) is 23.7 Å². The van der Waals surface area contributed by atoms with Gasteiger partial charge in [0.2, 0.25) is 11.8 Å². The van der Waals surface area contributed by atoms with E-state index in [1.807, 2.05) is 12.1 Å². The van der Waals surface area contributed by atoms with Gasteiger partial charge < -0.3 is 19.6 Å². The van der Waals surface area contributed by atoms with E-state index in [0.717, 1.165) is 24.0 Å². The van der Waals surface area contributed by atoms with Crippen molar-refractivity contribution in [3.63, 3.8) is 0 Å². The van der Waals surface area contributed by atoms with E-state index < -0.39 is 0 Å². The highest BCUT2D eigenvalue weighted by Crippen LogP contribution is 2.43. The highest BCUT2D eigenvalue weighted by atomic mass is 16.5. The van der Waals surface area contributed by atoms with Gasteiger partial charge in [0, 0.05) is 43.1 Å². The lowest BCUT2D eigenvalue weighted by Crippen LogP contribution is -2.73. The molecule has 1 aromatic carbocycles. The van der Waals surface area contributed by atoms with Gasteiger partial charge in [0.15, 0.2) is 0 Å². The fourth-order valence-corrected chi connectivity index (χ4v) is 5.07. The number of nitrogens with zero attached hydrogens (tertiary/aromatic N) is 2. The molecule has 4 fully saturated rings. The van der Waals surface area contributed by atoms with E-state index in [-0.39, 0.29) is 48.9 Å². The number of aliphatic hydroxyl groups excluding tert-OH is 1. The molecule has 3 heterocycles. The summed E-state index contributed by atoms with van der Waals surface area (Å²) in [7, 11) is 0. The minimum atomic E-state index is -0.216. The fourth-order valence-electron chi connectivity index (χ4n) is 5.07. The lowest BCUT2D eigenvalue weighted by atomic mass is 9.73. The number of benzene rings is 1. The molecule has 0 radical (unpaired) electrons. The number of rotatable bonds is 3. The molecule has 0 bridgehead atoms. The summed E-state index contributed by atoms with van der Waals surface area (Å²) in [6.45, 7) is 1.81. The molecule has 6 nitrogen and oxygen atoms in total. The summed E-state index contributed by atoms with van der Waals surface area (Å²) in [5, 5.41) is 9.95. The number of amides is 2. The van der Waals surface area contributed by atoms with Gasteiger partial charge >= 0.3 is 0 Å². The Labute approximate surface area is 177 Å². The van der Waals surface area contributed by atoms with Crippen molar-refractivity contribution in [2.45, 2.75) is 43.7 Å². The van der Waals surface area contributed by atoms with Crippen molar-refractivity contribution in [2.24, 2.45) is 11.8 Å². The monoisotopic (exact) mass is 408 g/mol. The standard InChI is InChI=1S/C24H28N2O4/c27-15-21-23(18-7-5-17(6-8-18)4-3-16-1-2-16)20-13-25(14-22(28)26(20)21)24(29)19-9-11-30-12-10-19/h5-8,16,19-21,23,27H,1-2,9-15H2/t20-,21-,23-/m0/s1. The molecule has 4 aliphatic rings. The van der Waals surface area contributed by atoms with Crippen LogP contribution in [0.4, 0.5) is 0 Å². The highest BCUT2D eigenvalue weighted by molar-refractivity contribution is 5.88. The van der Waals surface area contributed by atoms with Gasteiger partial charge in [0.05, 0.1) is 25.2 Å². The second-order valence-electron chi connectivity index (χ2n) is 8.92. The van der Waals surface area contributed by atoms with Gasteiger partial charge in [-0.15, -0.1) is 0 Å². The first kappa shape index (κ1) is 19.6. The predicted octanol–water partition coefficient (Wildman–Crippen LogP) is 1.37. The lowest BCUT2D eigenvalue weighted by molar-refractivity contribution is -0.169. The van der Waals surface area contributed by atoms with Crippen LogP contribution in [0.1, 0.15) is 42.7 Å². The van der Waals surface area contributed by atoms with Crippen LogP contribution in [0.5, 0.6) is 0 Å². The van der Waals surface area contributed by atoms with Crippen molar-refractivity contribution in [1.29, 1.82) is 0 Å². The van der Waals surface area contributed by atoms with E-state index in [1.165, 1.54) is 12.8 Å². The first-order valence-corrected chi connectivity index (χ1v) is 11.1. The van der Waals surface area contributed by atoms with Gasteiger partial charge in [0.25, 0.3) is 0 Å². The van der Waals surface area contributed by atoms with Crippen LogP contribution >= 0.6 is 0 Å². The maximum atomic E-state index is 13.0. The van der Waals surface area contributed by atoms with E-state index in [9.17, 15) is 14.7 Å². The molecule has 2 amide bonds. The van der Waals surface area contributed by atoms with Gasteiger partial charge in [0.1, 0.15) is 0 Å². The number of hydrogen-bond donors (Lipinski definition) is 1. The number of ether oxygens (including phenoxy) is 1. The topological polar surface area (TPSA) is 70.1 Å². The van der Waals surface area contributed by atoms with Crippen molar-refractivity contribution in [3.8, 4) is 11.8 Å². The number of carbonyl (C=O) groups is 2. The van der Waals surface area contributed by atoms with Crippen molar-refractivity contribution in [2.75, 3.05) is 32.9 Å². The number of fused-ring (bicyclic) bond motifs is 1. The summed E-state index contributed by atoms with van der Waals surface area (Å²) >= 11 is 0. The number of hydrogen-bond acceptors (Lipinski definition) is 4. The summed E-state index contributed by atoms with van der Waals surface area (Å²) < 4.78 is 5.37. The second-order valence-corrected chi connectivity index (χ2v) is 8.92. The van der Waals surface area contributed by atoms with Gasteiger partial charge in [-0.25, -0.2) is 0 Å². The van der Waals surface area contributed by atoms with Gasteiger partial charge in [-0.05, 0) is 43.4 Å². The van der Waals surface area contributed by atoms with E-state index in [4.69, 9.17) is 4.74 Å². The Morgan fingerprint density at radius 1 is 1.13 bits per heavy atom. The smallest absolute Gasteiger partial charge is 0.242 e. The van der Waals surface area contributed by atoms with Crippen molar-refractivity contribution in [3.05, 3.63) is 35.4 Å². The van der Waals surface area contributed by atoms with Crippen LogP contribution in [-0.2, 0) is 14.3 Å². The Morgan fingerprint density at radius 3 is 2.53 bits per heavy atom. The maximum absolute atomic E-state index is 13.0. The number of piperazine rings is 1. The quantitative estimate of drug-likeness (QED) is 0.767. The molecule has 3 saturated heterocycles. The van der Waals surface area contributed by atoms with Crippen molar-refractivity contribution < 1.29 is 19.4 Å². The van der Waals surface area contributed by atoms with E-state index in [0.29, 0.717) is 25.7 Å². The molecule has 0 spiro atoms. The zero-order chi connectivity index (χ0) is 20.7. The average Bonchev–Trinajstić information content (AvgIpc) is 3.59. The molecule has 1 N–H and O–H groups in total. The van der Waals surface area contributed by atoms with Gasteiger partial charge in [-0.2, -0.15) is 0 Å².